The summed E-state index contributed by atoms with van der Waals surface area (Å²) >= 11 is 0. The van der Waals surface area contributed by atoms with Crippen LogP contribution < -0.4 is 10.1 Å². The first-order valence-corrected chi connectivity index (χ1v) is 8.17. The van der Waals surface area contributed by atoms with Crippen LogP contribution in [0.4, 0.5) is 40.8 Å². The highest BCUT2D eigenvalue weighted by atomic mass is 19.4. The van der Waals surface area contributed by atoms with Crippen LogP contribution in [0.15, 0.2) is 36.4 Å². The summed E-state index contributed by atoms with van der Waals surface area (Å²) in [6.07, 6.45) is -10.8. The van der Waals surface area contributed by atoms with Gasteiger partial charge in [0.15, 0.2) is 11.3 Å². The number of nitrogens with one attached hydrogen (secondary N) is 1. The zero-order valence-corrected chi connectivity index (χ0v) is 15.1. The van der Waals surface area contributed by atoms with Crippen molar-refractivity contribution in [1.82, 2.24) is 14.6 Å². The smallest absolute Gasteiger partial charge is 0.406 e. The maximum Gasteiger partial charge on any atom is 0.573 e. The fourth-order valence-corrected chi connectivity index (χ4v) is 2.52. The van der Waals surface area contributed by atoms with E-state index >= 15 is 0 Å². The van der Waals surface area contributed by atoms with Crippen LogP contribution in [0, 0.1) is 6.92 Å². The number of hydrogen-bond acceptors (Lipinski definition) is 4. The van der Waals surface area contributed by atoms with Crippen molar-refractivity contribution in [1.29, 1.82) is 0 Å². The molecule has 6 nitrogen and oxygen atoms in total. The van der Waals surface area contributed by atoms with Crippen molar-refractivity contribution in [2.45, 2.75) is 25.4 Å². The molecule has 1 amide bonds. The van der Waals surface area contributed by atoms with E-state index in [0.717, 1.165) is 30.3 Å². The lowest BCUT2D eigenvalue weighted by Gasteiger charge is -2.20. The van der Waals surface area contributed by atoms with Crippen molar-refractivity contribution in [3.05, 3.63) is 53.5 Å². The molecule has 0 saturated heterocycles. The number of fused-ring (bicyclic) bond motifs is 1. The van der Waals surface area contributed by atoms with E-state index in [1.165, 1.54) is 6.92 Å². The van der Waals surface area contributed by atoms with Gasteiger partial charge in [-0.05, 0) is 37.3 Å². The first-order chi connectivity index (χ1) is 14.2. The molecule has 2 heterocycles. The van der Waals surface area contributed by atoms with Gasteiger partial charge in [0.25, 0.3) is 5.91 Å². The predicted octanol–water partition coefficient (Wildman–Crippen LogP) is 4.84. The molecule has 31 heavy (non-hydrogen) atoms. The van der Waals surface area contributed by atoms with Gasteiger partial charge in [0.05, 0.1) is 0 Å². The van der Waals surface area contributed by atoms with Gasteiger partial charge in [-0.25, -0.2) is 9.50 Å². The molecule has 3 aromatic rings. The Labute approximate surface area is 167 Å². The van der Waals surface area contributed by atoms with Crippen LogP contribution in [0.2, 0.25) is 0 Å². The van der Waals surface area contributed by atoms with E-state index in [9.17, 15) is 39.9 Å². The maximum atomic E-state index is 13.9. The second kappa shape index (κ2) is 7.35. The van der Waals surface area contributed by atoms with Crippen LogP contribution in [0.1, 0.15) is 21.9 Å². The summed E-state index contributed by atoms with van der Waals surface area (Å²) in [5.41, 5.74) is -2.69. The molecule has 0 aliphatic carbocycles. The van der Waals surface area contributed by atoms with E-state index in [-0.39, 0.29) is 15.9 Å². The van der Waals surface area contributed by atoms with Crippen molar-refractivity contribution >= 4 is 17.2 Å². The monoisotopic (exact) mass is 454 g/mol. The van der Waals surface area contributed by atoms with E-state index in [1.54, 1.807) is 0 Å². The molecule has 0 radical (unpaired) electrons. The standard InChI is InChI=1S/C17H10F8N4O2/c1-8-6-12(15(18,19)16(20,21)22)29-13(26-8)7-11(28-29)14(30)27-9-2-4-10(5-3-9)31-17(23,24)25/h2-7H,1H3,(H,27,30). The molecule has 3 rings (SSSR count). The summed E-state index contributed by atoms with van der Waals surface area (Å²) in [5.74, 6) is -6.85. The summed E-state index contributed by atoms with van der Waals surface area (Å²) in [7, 11) is 0. The summed E-state index contributed by atoms with van der Waals surface area (Å²) < 4.78 is 107. The van der Waals surface area contributed by atoms with Crippen LogP contribution in [-0.4, -0.2) is 33.0 Å². The number of hydrogen-bond donors (Lipinski definition) is 1. The molecule has 2 aromatic heterocycles. The molecule has 166 valence electrons. The number of ether oxygens (including phenoxy) is 1. The zero-order chi connectivity index (χ0) is 23.2. The van der Waals surface area contributed by atoms with Crippen molar-refractivity contribution in [2.75, 3.05) is 5.32 Å². The van der Waals surface area contributed by atoms with Gasteiger partial charge in [0.1, 0.15) is 11.4 Å². The Morgan fingerprint density at radius 1 is 1.00 bits per heavy atom. The third-order valence-corrected chi connectivity index (χ3v) is 3.81. The number of aryl methyl sites for hydroxylation is 1. The van der Waals surface area contributed by atoms with Gasteiger partial charge in [-0.2, -0.15) is 27.1 Å². The average Bonchev–Trinajstić information content (AvgIpc) is 3.04. The van der Waals surface area contributed by atoms with Crippen LogP contribution in [0.3, 0.4) is 0 Å². The second-order valence-corrected chi connectivity index (χ2v) is 6.18. The van der Waals surface area contributed by atoms with Crippen LogP contribution >= 0.6 is 0 Å². The molecule has 0 spiro atoms. The molecule has 0 atom stereocenters. The van der Waals surface area contributed by atoms with Gasteiger partial charge in [0, 0.05) is 17.4 Å². The highest BCUT2D eigenvalue weighted by Crippen LogP contribution is 2.43. The van der Waals surface area contributed by atoms with Gasteiger partial charge in [-0.1, -0.05) is 0 Å². The summed E-state index contributed by atoms with van der Waals surface area (Å²) in [6.45, 7) is 1.19. The predicted molar refractivity (Wildman–Crippen MR) is 88.8 cm³/mol. The van der Waals surface area contributed by atoms with Gasteiger partial charge in [-0.15, -0.1) is 13.2 Å². The fourth-order valence-electron chi connectivity index (χ4n) is 2.52. The van der Waals surface area contributed by atoms with Gasteiger partial charge < -0.3 is 10.1 Å². The number of anilines is 1. The Morgan fingerprint density at radius 3 is 2.16 bits per heavy atom. The number of rotatable bonds is 4. The quantitative estimate of drug-likeness (QED) is 0.573. The molecular formula is C17H10F8N4O2. The first kappa shape index (κ1) is 22.2. The van der Waals surface area contributed by atoms with E-state index < -0.39 is 47.2 Å². The second-order valence-electron chi connectivity index (χ2n) is 6.18. The van der Waals surface area contributed by atoms with Crippen LogP contribution in [-0.2, 0) is 5.92 Å². The van der Waals surface area contributed by atoms with Crippen molar-refractivity contribution < 1.29 is 44.7 Å². The Hall–Kier alpha value is -3.45. The number of carbonyl (C=O) groups excluding carboxylic acids is 1. The molecule has 0 bridgehead atoms. The average molecular weight is 454 g/mol. The van der Waals surface area contributed by atoms with E-state index in [0.29, 0.717) is 6.07 Å². The Morgan fingerprint density at radius 2 is 1.61 bits per heavy atom. The molecule has 1 aromatic carbocycles. The maximum absolute atomic E-state index is 13.9. The van der Waals surface area contributed by atoms with Crippen molar-refractivity contribution in [2.24, 2.45) is 0 Å². The molecule has 0 aliphatic heterocycles. The minimum Gasteiger partial charge on any atom is -0.406 e. The van der Waals surface area contributed by atoms with Gasteiger partial charge in [-0.3, -0.25) is 4.79 Å². The topological polar surface area (TPSA) is 68.5 Å². The van der Waals surface area contributed by atoms with Crippen molar-refractivity contribution in [3.8, 4) is 5.75 Å². The number of alkyl halides is 8. The van der Waals surface area contributed by atoms with Gasteiger partial charge in [0.2, 0.25) is 0 Å². The minimum absolute atomic E-state index is 0.0124. The highest BCUT2D eigenvalue weighted by Gasteiger charge is 2.60. The molecule has 0 unspecified atom stereocenters. The number of aromatic nitrogens is 3. The lowest BCUT2D eigenvalue weighted by Crippen LogP contribution is -2.36. The molecular weight excluding hydrogens is 444 g/mol. The first-order valence-electron chi connectivity index (χ1n) is 8.17. The Kier molecular flexibility index (Phi) is 5.28. The number of carbonyl (C=O) groups is 1. The molecule has 1 N–H and O–H groups in total. The van der Waals surface area contributed by atoms with E-state index in [2.05, 4.69) is 20.1 Å². The summed E-state index contributed by atoms with van der Waals surface area (Å²) in [6, 6.07) is 5.30. The van der Waals surface area contributed by atoms with Crippen LogP contribution in [0.25, 0.3) is 5.65 Å². The normalized spacial score (nSPS) is 12.8. The zero-order valence-electron chi connectivity index (χ0n) is 15.1. The molecule has 0 fully saturated rings. The minimum atomic E-state index is -5.91. The summed E-state index contributed by atoms with van der Waals surface area (Å²) in [4.78, 5) is 16.1. The van der Waals surface area contributed by atoms with E-state index in [4.69, 9.17) is 0 Å². The van der Waals surface area contributed by atoms with Gasteiger partial charge >= 0.3 is 18.5 Å². The third kappa shape index (κ3) is 4.67. The van der Waals surface area contributed by atoms with Crippen LogP contribution in [0.5, 0.6) is 5.75 Å². The molecule has 14 heteroatoms. The highest BCUT2D eigenvalue weighted by molar-refractivity contribution is 6.03. The fraction of sp³-hybridized carbons (Fsp3) is 0.235. The largest absolute Gasteiger partial charge is 0.573 e. The SMILES string of the molecule is Cc1cc(C(F)(F)C(F)(F)F)n2nc(C(=O)Nc3ccc(OC(F)(F)F)cc3)cc2n1. The van der Waals surface area contributed by atoms with Crippen molar-refractivity contribution in [3.63, 3.8) is 0 Å². The number of amides is 1. The Bertz CT molecular complexity index is 1120. The Balaban J connectivity index is 1.90. The number of benzene rings is 1. The molecule has 0 aliphatic rings. The number of nitrogens with zero attached hydrogens (tertiary/aromatic N) is 3. The summed E-state index contributed by atoms with van der Waals surface area (Å²) in [5, 5.41) is 5.71. The lowest BCUT2D eigenvalue weighted by molar-refractivity contribution is -0.291. The number of halogens is 8. The molecule has 0 saturated carbocycles. The third-order valence-electron chi connectivity index (χ3n) is 3.81. The lowest BCUT2D eigenvalue weighted by atomic mass is 10.2. The van der Waals surface area contributed by atoms with E-state index in [1.807, 2.05) is 0 Å².